The molecule has 0 bridgehead atoms. The Morgan fingerprint density at radius 1 is 0.900 bits per heavy atom. The lowest BCUT2D eigenvalue weighted by atomic mass is 10.0. The van der Waals surface area contributed by atoms with Gasteiger partial charge in [-0.2, -0.15) is 17.0 Å². The van der Waals surface area contributed by atoms with E-state index in [4.69, 9.17) is 4.98 Å². The molecule has 0 amide bonds. The highest BCUT2D eigenvalue weighted by Crippen LogP contribution is 2.35. The van der Waals surface area contributed by atoms with E-state index in [2.05, 4.69) is 53.9 Å². The molecule has 30 heavy (non-hydrogen) atoms. The van der Waals surface area contributed by atoms with Crippen LogP contribution in [0.25, 0.3) is 21.7 Å². The Kier molecular flexibility index (Phi) is 7.25. The van der Waals surface area contributed by atoms with Gasteiger partial charge in [0.25, 0.3) is 0 Å². The maximum absolute atomic E-state index is 9.93. The van der Waals surface area contributed by atoms with Gasteiger partial charge in [-0.1, -0.05) is 66.7 Å². The number of nitrogens with zero attached hydrogens (tertiary/aromatic N) is 2. The fraction of sp³-hybridized carbons (Fsp3) is 0.120. The van der Waals surface area contributed by atoms with Gasteiger partial charge in [-0.3, -0.25) is 0 Å². The van der Waals surface area contributed by atoms with Crippen molar-refractivity contribution < 1.29 is 0 Å². The van der Waals surface area contributed by atoms with Crippen molar-refractivity contribution in [3.63, 3.8) is 0 Å². The first kappa shape index (κ1) is 20.7. The molecule has 0 radical (unpaired) electrons. The Bertz CT molecular complexity index is 1120. The van der Waals surface area contributed by atoms with E-state index in [0.717, 1.165) is 44.0 Å². The van der Waals surface area contributed by atoms with Crippen molar-refractivity contribution in [2.75, 3.05) is 11.5 Å². The first-order valence-electron chi connectivity index (χ1n) is 9.64. The molecule has 4 rings (SSSR count). The second-order valence-corrected chi connectivity index (χ2v) is 9.71. The van der Waals surface area contributed by atoms with E-state index >= 15 is 0 Å². The van der Waals surface area contributed by atoms with E-state index in [1.807, 2.05) is 48.2 Å². The molecule has 2 aromatic heterocycles. The molecule has 2 aromatic carbocycles. The van der Waals surface area contributed by atoms with Crippen LogP contribution in [0.1, 0.15) is 11.1 Å². The summed E-state index contributed by atoms with van der Waals surface area (Å²) in [6.07, 6.45) is 0. The topological polar surface area (TPSA) is 36.7 Å². The molecule has 0 spiro atoms. The van der Waals surface area contributed by atoms with Crippen LogP contribution in [0, 0.1) is 11.3 Å². The van der Waals surface area contributed by atoms with Gasteiger partial charge in [-0.25, -0.2) is 4.98 Å². The molecule has 148 valence electrons. The number of rotatable bonds is 8. The number of thioether (sulfide) groups is 2. The average Bonchev–Trinajstić information content (AvgIpc) is 3.35. The second kappa shape index (κ2) is 10.5. The summed E-state index contributed by atoms with van der Waals surface area (Å²) in [6, 6.07) is 29.2. The van der Waals surface area contributed by atoms with Crippen molar-refractivity contribution in [2.24, 2.45) is 0 Å². The number of benzene rings is 2. The lowest BCUT2D eigenvalue weighted by Crippen LogP contribution is -1.96. The largest absolute Gasteiger partial charge is 0.239 e. The van der Waals surface area contributed by atoms with E-state index < -0.39 is 0 Å². The SMILES string of the molecule is N#Cc1c(-c2ccccc2)cc(-c2cccs2)nc1SCCSCc1ccccc1. The summed E-state index contributed by atoms with van der Waals surface area (Å²) in [5, 5.41) is 12.8. The molecule has 0 atom stereocenters. The minimum Gasteiger partial charge on any atom is -0.239 e. The van der Waals surface area contributed by atoms with E-state index in [-0.39, 0.29) is 0 Å². The van der Waals surface area contributed by atoms with Gasteiger partial charge >= 0.3 is 0 Å². The highest BCUT2D eigenvalue weighted by molar-refractivity contribution is 8.02. The summed E-state index contributed by atoms with van der Waals surface area (Å²) >= 11 is 5.26. The fourth-order valence-electron chi connectivity index (χ4n) is 3.09. The number of aromatic nitrogens is 1. The van der Waals surface area contributed by atoms with Crippen LogP contribution in [0.15, 0.2) is 89.3 Å². The number of nitriles is 1. The summed E-state index contributed by atoms with van der Waals surface area (Å²) in [7, 11) is 0. The quantitative estimate of drug-likeness (QED) is 0.210. The number of pyridine rings is 1. The van der Waals surface area contributed by atoms with Crippen LogP contribution in [0.2, 0.25) is 0 Å². The minimum atomic E-state index is 0.666. The molecule has 0 saturated carbocycles. The van der Waals surface area contributed by atoms with Crippen LogP contribution in [0.5, 0.6) is 0 Å². The zero-order chi connectivity index (χ0) is 20.6. The Morgan fingerprint density at radius 3 is 2.37 bits per heavy atom. The standard InChI is InChI=1S/C25H20N2S3/c26-17-22-21(20-10-5-2-6-11-20)16-23(24-12-7-13-29-24)27-25(22)30-15-14-28-18-19-8-3-1-4-9-19/h1-13,16H,14-15,18H2. The molecule has 4 aromatic rings. The number of thiophene rings is 1. The maximum atomic E-state index is 9.93. The van der Waals surface area contributed by atoms with Crippen molar-refractivity contribution in [1.29, 1.82) is 5.26 Å². The molecular weight excluding hydrogens is 424 g/mol. The third-order valence-corrected chi connectivity index (χ3v) is 7.69. The van der Waals surface area contributed by atoms with E-state index in [0.29, 0.717) is 5.56 Å². The van der Waals surface area contributed by atoms with Crippen LogP contribution in [-0.4, -0.2) is 16.5 Å². The van der Waals surface area contributed by atoms with Crippen LogP contribution < -0.4 is 0 Å². The van der Waals surface area contributed by atoms with Crippen LogP contribution >= 0.6 is 34.9 Å². The molecule has 0 aliphatic heterocycles. The van der Waals surface area contributed by atoms with Gasteiger partial charge in [0.1, 0.15) is 11.1 Å². The molecular formula is C25H20N2S3. The predicted octanol–water partition coefficient (Wildman–Crippen LogP) is 7.37. The van der Waals surface area contributed by atoms with Crippen LogP contribution in [0.3, 0.4) is 0 Å². The zero-order valence-electron chi connectivity index (χ0n) is 16.3. The van der Waals surface area contributed by atoms with Gasteiger partial charge in [0, 0.05) is 22.8 Å². The van der Waals surface area contributed by atoms with Gasteiger partial charge in [-0.15, -0.1) is 23.1 Å². The van der Waals surface area contributed by atoms with Crippen LogP contribution in [0.4, 0.5) is 0 Å². The van der Waals surface area contributed by atoms with Crippen molar-refractivity contribution in [3.8, 4) is 27.8 Å². The third-order valence-electron chi connectivity index (χ3n) is 4.53. The summed E-state index contributed by atoms with van der Waals surface area (Å²) in [6.45, 7) is 0. The summed E-state index contributed by atoms with van der Waals surface area (Å²) in [5.74, 6) is 2.93. The molecule has 0 saturated heterocycles. The molecule has 0 unspecified atom stereocenters. The Balaban J connectivity index is 1.55. The minimum absolute atomic E-state index is 0.666. The molecule has 0 aliphatic carbocycles. The monoisotopic (exact) mass is 444 g/mol. The van der Waals surface area contributed by atoms with Crippen molar-refractivity contribution in [1.82, 2.24) is 4.98 Å². The smallest absolute Gasteiger partial charge is 0.115 e. The van der Waals surface area contributed by atoms with Crippen LogP contribution in [-0.2, 0) is 5.75 Å². The van der Waals surface area contributed by atoms with Gasteiger partial charge in [0.2, 0.25) is 0 Å². The van der Waals surface area contributed by atoms with Gasteiger partial charge in [-0.05, 0) is 28.6 Å². The Morgan fingerprint density at radius 2 is 1.67 bits per heavy atom. The van der Waals surface area contributed by atoms with Gasteiger partial charge in [0.15, 0.2) is 0 Å². The zero-order valence-corrected chi connectivity index (χ0v) is 18.8. The van der Waals surface area contributed by atoms with Crippen molar-refractivity contribution >= 4 is 34.9 Å². The molecule has 0 fully saturated rings. The average molecular weight is 445 g/mol. The van der Waals surface area contributed by atoms with Crippen molar-refractivity contribution in [2.45, 2.75) is 10.8 Å². The fourth-order valence-corrected chi connectivity index (χ4v) is 5.81. The highest BCUT2D eigenvalue weighted by atomic mass is 32.2. The number of hydrogen-bond donors (Lipinski definition) is 0. The predicted molar refractivity (Wildman–Crippen MR) is 131 cm³/mol. The van der Waals surface area contributed by atoms with Gasteiger partial charge < -0.3 is 0 Å². The Hall–Kier alpha value is -2.52. The molecule has 2 nitrogen and oxygen atoms in total. The second-order valence-electron chi connectivity index (χ2n) is 6.58. The van der Waals surface area contributed by atoms with E-state index in [1.54, 1.807) is 23.1 Å². The lowest BCUT2D eigenvalue weighted by Gasteiger charge is -2.12. The normalized spacial score (nSPS) is 10.6. The summed E-state index contributed by atoms with van der Waals surface area (Å²) in [4.78, 5) is 5.99. The Labute approximate surface area is 190 Å². The first-order chi connectivity index (χ1) is 14.8. The molecule has 2 heterocycles. The number of hydrogen-bond acceptors (Lipinski definition) is 5. The van der Waals surface area contributed by atoms with Gasteiger partial charge in [0.05, 0.1) is 16.1 Å². The maximum Gasteiger partial charge on any atom is 0.115 e. The van der Waals surface area contributed by atoms with E-state index in [1.165, 1.54) is 5.56 Å². The first-order valence-corrected chi connectivity index (χ1v) is 12.7. The third kappa shape index (κ3) is 5.14. The van der Waals surface area contributed by atoms with E-state index in [9.17, 15) is 5.26 Å². The molecule has 0 aliphatic rings. The molecule has 0 N–H and O–H groups in total. The lowest BCUT2D eigenvalue weighted by molar-refractivity contribution is 1.12. The summed E-state index contributed by atoms with van der Waals surface area (Å²) < 4.78 is 0. The summed E-state index contributed by atoms with van der Waals surface area (Å²) in [5.41, 5.74) is 4.95. The van der Waals surface area contributed by atoms with Crippen molar-refractivity contribution in [3.05, 3.63) is 95.4 Å². The highest BCUT2D eigenvalue weighted by Gasteiger charge is 2.16. The molecule has 5 heteroatoms.